The minimum absolute atomic E-state index is 0.0644. The molecule has 5 heteroatoms. The summed E-state index contributed by atoms with van der Waals surface area (Å²) in [4.78, 5) is 4.32. The van der Waals surface area contributed by atoms with Crippen molar-refractivity contribution in [3.05, 3.63) is 24.3 Å². The smallest absolute Gasteiger partial charge is 0.198 e. The molecular weight excluding hydrogens is 324 g/mol. The average Bonchev–Trinajstić information content (AvgIpc) is 2.64. The van der Waals surface area contributed by atoms with Gasteiger partial charge in [0.15, 0.2) is 5.96 Å². The number of piperidine rings is 1. The Kier molecular flexibility index (Phi) is 7.33. The first kappa shape index (κ1) is 20.6. The molecule has 1 heterocycles. The lowest BCUT2D eigenvalue weighted by atomic mass is 9.92. The largest absolute Gasteiger partial charge is 0.494 e. The summed E-state index contributed by atoms with van der Waals surface area (Å²) < 4.78 is 5.70. The van der Waals surface area contributed by atoms with E-state index < -0.39 is 0 Å². The van der Waals surface area contributed by atoms with Crippen LogP contribution in [0.2, 0.25) is 0 Å². The number of nitrogens with two attached hydrogens (primary N) is 1. The summed E-state index contributed by atoms with van der Waals surface area (Å²) >= 11 is 0. The summed E-state index contributed by atoms with van der Waals surface area (Å²) in [5.74, 6) is 2.10. The van der Waals surface area contributed by atoms with Gasteiger partial charge in [0.05, 0.1) is 6.61 Å². The molecule has 0 bridgehead atoms. The summed E-state index contributed by atoms with van der Waals surface area (Å²) in [5.41, 5.74) is 6.94. The molecule has 1 atom stereocenters. The Hall–Kier alpha value is -1.75. The van der Waals surface area contributed by atoms with Crippen LogP contribution in [0.15, 0.2) is 24.3 Å². The van der Waals surface area contributed by atoms with Gasteiger partial charge >= 0.3 is 0 Å². The van der Waals surface area contributed by atoms with Crippen LogP contribution in [0.25, 0.3) is 0 Å². The standard InChI is InChI=1S/C21H36N4O/c1-5-13-26-19-10-8-18(9-11-19)25(16-21(3,4)15-22)20(23)24-12-6-7-17(2)14-24/h8-11,17,23H,5-7,12-16,22H2,1-4H3. The Balaban J connectivity index is 2.21. The number of ether oxygens (including phenoxy) is 1. The molecule has 5 nitrogen and oxygen atoms in total. The van der Waals surface area contributed by atoms with Crippen LogP contribution in [-0.2, 0) is 0 Å². The van der Waals surface area contributed by atoms with Crippen molar-refractivity contribution in [2.75, 3.05) is 37.7 Å². The number of anilines is 1. The highest BCUT2D eigenvalue weighted by atomic mass is 16.5. The minimum atomic E-state index is -0.0644. The average molecular weight is 361 g/mol. The van der Waals surface area contributed by atoms with Crippen molar-refractivity contribution in [1.82, 2.24) is 4.90 Å². The number of guanidine groups is 1. The molecule has 0 spiro atoms. The van der Waals surface area contributed by atoms with Gasteiger partial charge in [-0.2, -0.15) is 0 Å². The maximum atomic E-state index is 8.87. The number of likely N-dealkylation sites (tertiary alicyclic amines) is 1. The van der Waals surface area contributed by atoms with Gasteiger partial charge in [0.1, 0.15) is 5.75 Å². The van der Waals surface area contributed by atoms with E-state index in [1.165, 1.54) is 6.42 Å². The van der Waals surface area contributed by atoms with Crippen LogP contribution in [-0.4, -0.2) is 43.6 Å². The molecule has 26 heavy (non-hydrogen) atoms. The highest BCUT2D eigenvalue weighted by Gasteiger charge is 2.28. The van der Waals surface area contributed by atoms with Gasteiger partial charge in [-0.05, 0) is 61.4 Å². The molecule has 1 aliphatic heterocycles. The number of rotatable bonds is 7. The second kappa shape index (κ2) is 9.26. The molecule has 146 valence electrons. The van der Waals surface area contributed by atoms with E-state index in [2.05, 4.69) is 49.6 Å². The Labute approximate surface area is 159 Å². The quantitative estimate of drug-likeness (QED) is 0.571. The Morgan fingerprint density at radius 2 is 2.04 bits per heavy atom. The fourth-order valence-corrected chi connectivity index (χ4v) is 3.28. The predicted molar refractivity (Wildman–Crippen MR) is 110 cm³/mol. The van der Waals surface area contributed by atoms with Crippen molar-refractivity contribution < 1.29 is 4.74 Å². The molecule has 0 radical (unpaired) electrons. The molecular formula is C21H36N4O. The van der Waals surface area contributed by atoms with E-state index in [1.54, 1.807) is 0 Å². The Bertz CT molecular complexity index is 570. The minimum Gasteiger partial charge on any atom is -0.494 e. The van der Waals surface area contributed by atoms with Gasteiger partial charge in [-0.3, -0.25) is 5.41 Å². The maximum Gasteiger partial charge on any atom is 0.198 e. The predicted octanol–water partition coefficient (Wildman–Crippen LogP) is 3.93. The Morgan fingerprint density at radius 3 is 2.62 bits per heavy atom. The second-order valence-electron chi connectivity index (χ2n) is 8.31. The lowest BCUT2D eigenvalue weighted by molar-refractivity contribution is 0.265. The van der Waals surface area contributed by atoms with Gasteiger partial charge < -0.3 is 20.3 Å². The SMILES string of the molecule is CCCOc1ccc(N(CC(C)(C)CN)C(=N)N2CCCC(C)C2)cc1. The van der Waals surface area contributed by atoms with Crippen LogP contribution < -0.4 is 15.4 Å². The Morgan fingerprint density at radius 1 is 1.35 bits per heavy atom. The number of benzene rings is 1. The summed E-state index contributed by atoms with van der Waals surface area (Å²) in [6.07, 6.45) is 3.40. The van der Waals surface area contributed by atoms with Gasteiger partial charge in [-0.15, -0.1) is 0 Å². The molecule has 1 saturated heterocycles. The van der Waals surface area contributed by atoms with E-state index in [-0.39, 0.29) is 5.41 Å². The van der Waals surface area contributed by atoms with Crippen molar-refractivity contribution in [3.63, 3.8) is 0 Å². The lowest BCUT2D eigenvalue weighted by Gasteiger charge is -2.40. The van der Waals surface area contributed by atoms with Crippen LogP contribution in [0.1, 0.15) is 47.0 Å². The van der Waals surface area contributed by atoms with E-state index in [0.717, 1.165) is 50.5 Å². The third-order valence-corrected chi connectivity index (χ3v) is 4.97. The monoisotopic (exact) mass is 360 g/mol. The van der Waals surface area contributed by atoms with Crippen molar-refractivity contribution in [1.29, 1.82) is 5.41 Å². The zero-order valence-corrected chi connectivity index (χ0v) is 16.9. The van der Waals surface area contributed by atoms with Crippen LogP contribution >= 0.6 is 0 Å². The van der Waals surface area contributed by atoms with Crippen LogP contribution in [0, 0.1) is 16.7 Å². The van der Waals surface area contributed by atoms with Gasteiger partial charge in [0.25, 0.3) is 0 Å². The molecule has 1 aromatic rings. The maximum absolute atomic E-state index is 8.87. The molecule has 0 aliphatic carbocycles. The van der Waals surface area contributed by atoms with Gasteiger partial charge in [-0.1, -0.05) is 27.7 Å². The van der Waals surface area contributed by atoms with Crippen molar-refractivity contribution in [3.8, 4) is 5.75 Å². The molecule has 1 aliphatic rings. The number of nitrogens with zero attached hydrogens (tertiary/aromatic N) is 2. The molecule has 0 amide bonds. The van der Waals surface area contributed by atoms with Crippen molar-refractivity contribution in [2.45, 2.75) is 47.0 Å². The van der Waals surface area contributed by atoms with Crippen molar-refractivity contribution in [2.24, 2.45) is 17.1 Å². The normalized spacial score (nSPS) is 17.9. The number of nitrogens with one attached hydrogen (secondary N) is 1. The van der Waals surface area contributed by atoms with Gasteiger partial charge in [-0.25, -0.2) is 0 Å². The molecule has 2 rings (SSSR count). The van der Waals surface area contributed by atoms with Crippen LogP contribution in [0.5, 0.6) is 5.75 Å². The van der Waals surface area contributed by atoms with E-state index >= 15 is 0 Å². The molecule has 3 N–H and O–H groups in total. The zero-order chi connectivity index (χ0) is 19.2. The highest BCUT2D eigenvalue weighted by molar-refractivity contribution is 5.94. The highest BCUT2D eigenvalue weighted by Crippen LogP contribution is 2.26. The van der Waals surface area contributed by atoms with Crippen molar-refractivity contribution >= 4 is 11.6 Å². The fraction of sp³-hybridized carbons (Fsp3) is 0.667. The van der Waals surface area contributed by atoms with E-state index in [0.29, 0.717) is 18.4 Å². The topological polar surface area (TPSA) is 65.6 Å². The van der Waals surface area contributed by atoms with Crippen LogP contribution in [0.4, 0.5) is 5.69 Å². The lowest BCUT2D eigenvalue weighted by Crippen LogP contribution is -2.51. The van der Waals surface area contributed by atoms with E-state index in [9.17, 15) is 0 Å². The summed E-state index contributed by atoms with van der Waals surface area (Å²) in [6, 6.07) is 8.11. The molecule has 1 unspecified atom stereocenters. The number of hydrogen-bond donors (Lipinski definition) is 2. The summed E-state index contributed by atoms with van der Waals surface area (Å²) in [7, 11) is 0. The van der Waals surface area contributed by atoms with Gasteiger partial charge in [0, 0.05) is 25.3 Å². The summed E-state index contributed by atoms with van der Waals surface area (Å²) in [5, 5.41) is 8.87. The fourth-order valence-electron chi connectivity index (χ4n) is 3.28. The number of hydrogen-bond acceptors (Lipinski definition) is 3. The molecule has 1 fully saturated rings. The molecule has 1 aromatic carbocycles. The second-order valence-corrected chi connectivity index (χ2v) is 8.31. The van der Waals surface area contributed by atoms with Gasteiger partial charge in [0.2, 0.25) is 0 Å². The third-order valence-electron chi connectivity index (χ3n) is 4.97. The first-order valence-corrected chi connectivity index (χ1v) is 9.90. The molecule has 0 saturated carbocycles. The van der Waals surface area contributed by atoms with E-state index in [4.69, 9.17) is 15.9 Å². The molecule has 0 aromatic heterocycles. The zero-order valence-electron chi connectivity index (χ0n) is 16.9. The third kappa shape index (κ3) is 5.63. The summed E-state index contributed by atoms with van der Waals surface area (Å²) in [6.45, 7) is 12.6. The van der Waals surface area contributed by atoms with Crippen LogP contribution in [0.3, 0.4) is 0 Å². The first-order chi connectivity index (χ1) is 12.4. The first-order valence-electron chi connectivity index (χ1n) is 9.90. The van der Waals surface area contributed by atoms with E-state index in [1.807, 2.05) is 12.1 Å².